The van der Waals surface area contributed by atoms with Crippen LogP contribution in [0.5, 0.6) is 0 Å². The van der Waals surface area contributed by atoms with Gasteiger partial charge in [-0.25, -0.2) is 4.79 Å². The average molecular weight is 337 g/mol. The number of azide groups is 1. The Kier molecular flexibility index (Phi) is 5.94. The molecule has 2 atom stereocenters. The minimum Gasteiger partial charge on any atom is -0.444 e. The molecular weight excluding hydrogens is 310 g/mol. The topological polar surface area (TPSA) is 98.6 Å². The van der Waals surface area contributed by atoms with Gasteiger partial charge in [0, 0.05) is 43.6 Å². The van der Waals surface area contributed by atoms with Crippen LogP contribution in [0.15, 0.2) is 5.11 Å². The van der Waals surface area contributed by atoms with E-state index in [1.807, 2.05) is 25.7 Å². The van der Waals surface area contributed by atoms with Crippen molar-refractivity contribution in [3.05, 3.63) is 10.4 Å². The van der Waals surface area contributed by atoms with E-state index in [4.69, 9.17) is 10.3 Å². The van der Waals surface area contributed by atoms with Crippen LogP contribution in [-0.2, 0) is 9.53 Å². The number of ether oxygens (including phenoxy) is 1. The van der Waals surface area contributed by atoms with E-state index in [2.05, 4.69) is 10.0 Å². The SMILES string of the molecule is CC(C)(C)OC(=O)N1CCCCC(N2CC(CN=[N+]=[N-])CC2=O)C1. The van der Waals surface area contributed by atoms with Gasteiger partial charge in [0.15, 0.2) is 0 Å². The van der Waals surface area contributed by atoms with Gasteiger partial charge in [0.2, 0.25) is 5.91 Å². The second-order valence-electron chi connectivity index (χ2n) is 7.61. The van der Waals surface area contributed by atoms with Crippen LogP contribution in [0.1, 0.15) is 46.5 Å². The molecule has 0 aromatic heterocycles. The van der Waals surface area contributed by atoms with Crippen LogP contribution in [-0.4, -0.2) is 59.6 Å². The molecule has 2 unspecified atom stereocenters. The fraction of sp³-hybridized carbons (Fsp3) is 0.875. The van der Waals surface area contributed by atoms with Gasteiger partial charge in [0.25, 0.3) is 0 Å². The first-order valence-corrected chi connectivity index (χ1v) is 8.58. The molecule has 0 spiro atoms. The molecule has 0 radical (unpaired) electrons. The van der Waals surface area contributed by atoms with Crippen molar-refractivity contribution in [2.24, 2.45) is 11.0 Å². The van der Waals surface area contributed by atoms with Gasteiger partial charge in [0.1, 0.15) is 5.60 Å². The molecule has 2 heterocycles. The summed E-state index contributed by atoms with van der Waals surface area (Å²) in [5.41, 5.74) is 7.91. The Balaban J connectivity index is 2.00. The van der Waals surface area contributed by atoms with Crippen LogP contribution in [0.25, 0.3) is 10.4 Å². The first kappa shape index (κ1) is 18.4. The lowest BCUT2D eigenvalue weighted by Crippen LogP contribution is -2.46. The third-order valence-electron chi connectivity index (χ3n) is 4.38. The third-order valence-corrected chi connectivity index (χ3v) is 4.38. The molecule has 8 nitrogen and oxygen atoms in total. The number of carbonyl (C=O) groups excluding carboxylic acids is 2. The first-order chi connectivity index (χ1) is 11.3. The highest BCUT2D eigenvalue weighted by Gasteiger charge is 2.36. The van der Waals surface area contributed by atoms with Crippen LogP contribution in [0, 0.1) is 5.92 Å². The monoisotopic (exact) mass is 337 g/mol. The second kappa shape index (κ2) is 7.75. The number of nitrogens with zero attached hydrogens (tertiary/aromatic N) is 5. The van der Waals surface area contributed by atoms with Crippen molar-refractivity contribution in [2.45, 2.75) is 58.1 Å². The minimum absolute atomic E-state index is 0.0172. The predicted octanol–water partition coefficient (Wildman–Crippen LogP) is 2.93. The predicted molar refractivity (Wildman–Crippen MR) is 89.3 cm³/mol. The summed E-state index contributed by atoms with van der Waals surface area (Å²) >= 11 is 0. The van der Waals surface area contributed by atoms with Gasteiger partial charge in [-0.15, -0.1) is 0 Å². The Morgan fingerprint density at radius 3 is 2.79 bits per heavy atom. The third kappa shape index (κ3) is 5.03. The largest absolute Gasteiger partial charge is 0.444 e. The maximum Gasteiger partial charge on any atom is 0.410 e. The van der Waals surface area contributed by atoms with Crippen molar-refractivity contribution in [3.63, 3.8) is 0 Å². The molecule has 0 aliphatic carbocycles. The molecule has 0 N–H and O–H groups in total. The summed E-state index contributed by atoms with van der Waals surface area (Å²) in [7, 11) is 0. The van der Waals surface area contributed by atoms with Crippen molar-refractivity contribution in [1.82, 2.24) is 9.80 Å². The van der Waals surface area contributed by atoms with E-state index >= 15 is 0 Å². The molecule has 2 fully saturated rings. The molecule has 2 aliphatic heterocycles. The number of hydrogen-bond acceptors (Lipinski definition) is 4. The minimum atomic E-state index is -0.525. The number of likely N-dealkylation sites (tertiary alicyclic amines) is 2. The van der Waals surface area contributed by atoms with Gasteiger partial charge < -0.3 is 14.5 Å². The molecule has 0 aromatic rings. The van der Waals surface area contributed by atoms with Crippen LogP contribution < -0.4 is 0 Å². The fourth-order valence-corrected chi connectivity index (χ4v) is 3.30. The lowest BCUT2D eigenvalue weighted by Gasteiger charge is -2.32. The lowest BCUT2D eigenvalue weighted by molar-refractivity contribution is -0.130. The lowest BCUT2D eigenvalue weighted by atomic mass is 10.1. The molecule has 0 bridgehead atoms. The van der Waals surface area contributed by atoms with Gasteiger partial charge >= 0.3 is 6.09 Å². The highest BCUT2D eigenvalue weighted by Crippen LogP contribution is 2.25. The van der Waals surface area contributed by atoms with Crippen molar-refractivity contribution in [3.8, 4) is 0 Å². The molecule has 0 aromatic carbocycles. The molecule has 134 valence electrons. The standard InChI is InChI=1S/C16H27N5O3/c1-16(2,3)24-15(23)20-7-5-4-6-13(11-20)21-10-12(8-14(21)22)9-18-19-17/h12-13H,4-11H2,1-3H3. The summed E-state index contributed by atoms with van der Waals surface area (Å²) in [6, 6.07) is 0.0172. The van der Waals surface area contributed by atoms with E-state index in [0.29, 0.717) is 32.6 Å². The van der Waals surface area contributed by atoms with Crippen molar-refractivity contribution in [2.75, 3.05) is 26.2 Å². The van der Waals surface area contributed by atoms with Crippen molar-refractivity contribution in [1.29, 1.82) is 0 Å². The normalized spacial score (nSPS) is 25.2. The van der Waals surface area contributed by atoms with E-state index in [0.717, 1.165) is 19.3 Å². The van der Waals surface area contributed by atoms with Gasteiger partial charge in [-0.1, -0.05) is 5.11 Å². The van der Waals surface area contributed by atoms with E-state index in [9.17, 15) is 9.59 Å². The smallest absolute Gasteiger partial charge is 0.410 e. The molecule has 2 rings (SSSR count). The quantitative estimate of drug-likeness (QED) is 0.449. The Morgan fingerprint density at radius 1 is 1.38 bits per heavy atom. The second-order valence-corrected chi connectivity index (χ2v) is 7.61. The maximum absolute atomic E-state index is 12.4. The number of amides is 2. The summed E-state index contributed by atoms with van der Waals surface area (Å²) < 4.78 is 5.47. The zero-order chi connectivity index (χ0) is 17.7. The van der Waals surface area contributed by atoms with Crippen molar-refractivity contribution < 1.29 is 14.3 Å². The van der Waals surface area contributed by atoms with Crippen LogP contribution in [0.3, 0.4) is 0 Å². The van der Waals surface area contributed by atoms with Gasteiger partial charge in [0.05, 0.1) is 0 Å². The number of hydrogen-bond donors (Lipinski definition) is 0. The molecule has 0 saturated carbocycles. The molecule has 2 aliphatic rings. The van der Waals surface area contributed by atoms with E-state index < -0.39 is 5.60 Å². The number of carbonyl (C=O) groups is 2. The van der Waals surface area contributed by atoms with Crippen LogP contribution in [0.4, 0.5) is 4.79 Å². The van der Waals surface area contributed by atoms with Crippen LogP contribution >= 0.6 is 0 Å². The van der Waals surface area contributed by atoms with Gasteiger partial charge in [-0.2, -0.15) is 0 Å². The molecule has 8 heteroatoms. The van der Waals surface area contributed by atoms with Crippen LogP contribution in [0.2, 0.25) is 0 Å². The Hall–Kier alpha value is -1.95. The summed E-state index contributed by atoms with van der Waals surface area (Å²) in [5.74, 6) is 0.163. The van der Waals surface area contributed by atoms with E-state index in [1.165, 1.54) is 0 Å². The molecule has 2 amide bonds. The Labute approximate surface area is 142 Å². The fourth-order valence-electron chi connectivity index (χ4n) is 3.30. The zero-order valence-electron chi connectivity index (χ0n) is 14.8. The average Bonchev–Trinajstić information content (AvgIpc) is 2.71. The summed E-state index contributed by atoms with van der Waals surface area (Å²) in [6.07, 6.45) is 2.89. The van der Waals surface area contributed by atoms with Crippen molar-refractivity contribution >= 4 is 12.0 Å². The molecule has 24 heavy (non-hydrogen) atoms. The zero-order valence-corrected chi connectivity index (χ0v) is 14.8. The highest BCUT2D eigenvalue weighted by molar-refractivity contribution is 5.79. The molecule has 2 saturated heterocycles. The summed E-state index contributed by atoms with van der Waals surface area (Å²) in [6.45, 7) is 7.68. The summed E-state index contributed by atoms with van der Waals surface area (Å²) in [4.78, 5) is 31.0. The maximum atomic E-state index is 12.4. The summed E-state index contributed by atoms with van der Waals surface area (Å²) in [5, 5.41) is 3.59. The molecular formula is C16H27N5O3. The van der Waals surface area contributed by atoms with Gasteiger partial charge in [-0.05, 0) is 51.5 Å². The van der Waals surface area contributed by atoms with E-state index in [1.54, 1.807) is 4.90 Å². The Morgan fingerprint density at radius 2 is 2.12 bits per heavy atom. The first-order valence-electron chi connectivity index (χ1n) is 8.58. The van der Waals surface area contributed by atoms with E-state index in [-0.39, 0.29) is 24.0 Å². The highest BCUT2D eigenvalue weighted by atomic mass is 16.6. The van der Waals surface area contributed by atoms with Gasteiger partial charge in [-0.3, -0.25) is 4.79 Å². The Bertz CT molecular complexity index is 524. The number of rotatable bonds is 3.